The molecule has 0 radical (unpaired) electrons. The van der Waals surface area contributed by atoms with Crippen LogP contribution >= 0.6 is 11.6 Å². The van der Waals surface area contributed by atoms with Crippen molar-refractivity contribution in [2.24, 2.45) is 0 Å². The first kappa shape index (κ1) is 21.6. The lowest BCUT2D eigenvalue weighted by molar-refractivity contribution is -0.137. The largest absolute Gasteiger partial charge is 0.416 e. The Balaban J connectivity index is 1.97. The summed E-state index contributed by atoms with van der Waals surface area (Å²) in [4.78, 5) is 27.0. The summed E-state index contributed by atoms with van der Waals surface area (Å²) in [5.41, 5.74) is -1.01. The Hall–Kier alpha value is -3.15. The molecular formula is C21H14ClF3N2O3. The van der Waals surface area contributed by atoms with E-state index in [0.717, 1.165) is 24.3 Å². The van der Waals surface area contributed by atoms with Gasteiger partial charge in [0.1, 0.15) is 11.6 Å². The van der Waals surface area contributed by atoms with Crippen LogP contribution in [0.5, 0.6) is 0 Å². The molecule has 1 heterocycles. The standard InChI is InChI=1S/C21H14ClF3N2O3/c22-16-7-3-14(4-8-16)20(29)27-9-10-30-12-18(27)17(11-26)19(28)13-1-5-15(6-2-13)21(23,24)25/h1-8H,9-10,12H2/b18-17-. The van der Waals surface area contributed by atoms with E-state index in [2.05, 4.69) is 0 Å². The van der Waals surface area contributed by atoms with Crippen LogP contribution in [-0.4, -0.2) is 36.3 Å². The van der Waals surface area contributed by atoms with Gasteiger partial charge in [-0.3, -0.25) is 9.59 Å². The van der Waals surface area contributed by atoms with Gasteiger partial charge in [0.05, 0.1) is 24.5 Å². The molecule has 154 valence electrons. The summed E-state index contributed by atoms with van der Waals surface area (Å²) in [7, 11) is 0. The first-order valence-corrected chi connectivity index (χ1v) is 9.10. The zero-order valence-corrected chi connectivity index (χ0v) is 16.1. The number of rotatable bonds is 3. The number of ether oxygens (including phenoxy) is 1. The van der Waals surface area contributed by atoms with E-state index in [1.807, 2.05) is 0 Å². The van der Waals surface area contributed by atoms with Gasteiger partial charge in [0.2, 0.25) is 5.78 Å². The summed E-state index contributed by atoms with van der Waals surface area (Å²) in [6.07, 6.45) is -4.54. The highest BCUT2D eigenvalue weighted by Crippen LogP contribution is 2.30. The summed E-state index contributed by atoms with van der Waals surface area (Å²) in [6, 6.07) is 11.4. The minimum absolute atomic E-state index is 0.0635. The van der Waals surface area contributed by atoms with Crippen molar-refractivity contribution < 1.29 is 27.5 Å². The molecule has 30 heavy (non-hydrogen) atoms. The van der Waals surface area contributed by atoms with E-state index in [0.29, 0.717) is 10.6 Å². The number of Topliss-reactive ketones (excluding diaryl/α,β-unsaturated/α-hetero) is 1. The fourth-order valence-electron chi connectivity index (χ4n) is 2.92. The second kappa shape index (κ2) is 8.69. The number of carbonyl (C=O) groups excluding carboxylic acids is 2. The molecule has 0 N–H and O–H groups in total. The van der Waals surface area contributed by atoms with E-state index in [4.69, 9.17) is 16.3 Å². The van der Waals surface area contributed by atoms with Crippen LogP contribution in [0.2, 0.25) is 5.02 Å². The van der Waals surface area contributed by atoms with Gasteiger partial charge < -0.3 is 9.64 Å². The van der Waals surface area contributed by atoms with Gasteiger partial charge in [0, 0.05) is 22.7 Å². The number of halogens is 4. The Bertz CT molecular complexity index is 1040. The number of allylic oxidation sites excluding steroid dienone is 1. The summed E-state index contributed by atoms with van der Waals surface area (Å²) < 4.78 is 43.6. The van der Waals surface area contributed by atoms with E-state index in [1.165, 1.54) is 29.2 Å². The van der Waals surface area contributed by atoms with Crippen molar-refractivity contribution in [1.82, 2.24) is 4.90 Å². The third kappa shape index (κ3) is 4.53. The van der Waals surface area contributed by atoms with Crippen LogP contribution in [0.3, 0.4) is 0 Å². The Labute approximate surface area is 174 Å². The van der Waals surface area contributed by atoms with Crippen LogP contribution < -0.4 is 0 Å². The van der Waals surface area contributed by atoms with Crippen LogP contribution in [0.4, 0.5) is 13.2 Å². The third-order valence-electron chi connectivity index (χ3n) is 4.46. The van der Waals surface area contributed by atoms with Crippen LogP contribution in [0.15, 0.2) is 59.8 Å². The summed E-state index contributed by atoms with van der Waals surface area (Å²) >= 11 is 5.84. The maximum atomic E-state index is 12.9. The zero-order chi connectivity index (χ0) is 21.9. The van der Waals surface area contributed by atoms with Gasteiger partial charge in [-0.05, 0) is 36.4 Å². The van der Waals surface area contributed by atoms with Crippen molar-refractivity contribution >= 4 is 23.3 Å². The van der Waals surface area contributed by atoms with Gasteiger partial charge in [-0.15, -0.1) is 0 Å². The van der Waals surface area contributed by atoms with Crippen molar-refractivity contribution in [3.05, 3.63) is 81.5 Å². The third-order valence-corrected chi connectivity index (χ3v) is 4.71. The highest BCUT2D eigenvalue weighted by molar-refractivity contribution is 6.30. The minimum atomic E-state index is -4.54. The smallest absolute Gasteiger partial charge is 0.373 e. The normalized spacial score (nSPS) is 16.0. The highest BCUT2D eigenvalue weighted by Gasteiger charge is 2.32. The maximum Gasteiger partial charge on any atom is 0.416 e. The molecule has 1 fully saturated rings. The number of hydrogen-bond acceptors (Lipinski definition) is 4. The van der Waals surface area contributed by atoms with E-state index < -0.39 is 23.4 Å². The molecular weight excluding hydrogens is 421 g/mol. The molecule has 5 nitrogen and oxygen atoms in total. The lowest BCUT2D eigenvalue weighted by Gasteiger charge is -2.30. The number of carbonyl (C=O) groups is 2. The average Bonchev–Trinajstić information content (AvgIpc) is 2.74. The van der Waals surface area contributed by atoms with Gasteiger partial charge in [-0.1, -0.05) is 23.7 Å². The van der Waals surface area contributed by atoms with Gasteiger partial charge in [0.15, 0.2) is 0 Å². The number of benzene rings is 2. The molecule has 0 bridgehead atoms. The van der Waals surface area contributed by atoms with Crippen LogP contribution in [0.25, 0.3) is 0 Å². The Morgan fingerprint density at radius 1 is 1.03 bits per heavy atom. The molecule has 1 aliphatic rings. The van der Waals surface area contributed by atoms with Crippen molar-refractivity contribution in [2.45, 2.75) is 6.18 Å². The topological polar surface area (TPSA) is 70.4 Å². The van der Waals surface area contributed by atoms with Crippen molar-refractivity contribution in [3.63, 3.8) is 0 Å². The lowest BCUT2D eigenvalue weighted by atomic mass is 10.00. The van der Waals surface area contributed by atoms with E-state index in [9.17, 15) is 28.0 Å². The molecule has 0 saturated carbocycles. The number of nitrogens with zero attached hydrogens (tertiary/aromatic N) is 2. The molecule has 1 aliphatic heterocycles. The molecule has 9 heteroatoms. The minimum Gasteiger partial charge on any atom is -0.373 e. The van der Waals surface area contributed by atoms with Crippen LogP contribution in [0.1, 0.15) is 26.3 Å². The molecule has 3 rings (SSSR count). The molecule has 0 unspecified atom stereocenters. The van der Waals surface area contributed by atoms with Crippen molar-refractivity contribution in [2.75, 3.05) is 19.8 Å². The Kier molecular flexibility index (Phi) is 6.25. The van der Waals surface area contributed by atoms with E-state index in [1.54, 1.807) is 6.07 Å². The molecule has 1 saturated heterocycles. The Morgan fingerprint density at radius 3 is 2.20 bits per heavy atom. The molecule has 2 aromatic carbocycles. The number of hydrogen-bond donors (Lipinski definition) is 0. The quantitative estimate of drug-likeness (QED) is 0.405. The highest BCUT2D eigenvalue weighted by atomic mass is 35.5. The van der Waals surface area contributed by atoms with Gasteiger partial charge in [-0.2, -0.15) is 18.4 Å². The van der Waals surface area contributed by atoms with E-state index >= 15 is 0 Å². The predicted molar refractivity (Wildman–Crippen MR) is 102 cm³/mol. The first-order chi connectivity index (χ1) is 14.2. The molecule has 2 aromatic rings. The average molecular weight is 435 g/mol. The summed E-state index contributed by atoms with van der Waals surface area (Å²) in [5.74, 6) is -1.24. The number of amides is 1. The second-order valence-corrected chi connectivity index (χ2v) is 6.79. The van der Waals surface area contributed by atoms with Gasteiger partial charge in [0.25, 0.3) is 5.91 Å². The van der Waals surface area contributed by atoms with Gasteiger partial charge in [-0.25, -0.2) is 0 Å². The number of morpholine rings is 1. The lowest BCUT2D eigenvalue weighted by Crippen LogP contribution is -2.40. The Morgan fingerprint density at radius 2 is 1.63 bits per heavy atom. The molecule has 0 aliphatic carbocycles. The first-order valence-electron chi connectivity index (χ1n) is 8.72. The molecule has 0 atom stereocenters. The van der Waals surface area contributed by atoms with E-state index in [-0.39, 0.29) is 36.6 Å². The number of ketones is 1. The number of alkyl halides is 3. The van der Waals surface area contributed by atoms with Crippen LogP contribution in [0, 0.1) is 11.3 Å². The summed E-state index contributed by atoms with van der Waals surface area (Å²) in [5, 5.41) is 10.0. The fourth-order valence-corrected chi connectivity index (χ4v) is 3.04. The number of nitriles is 1. The van der Waals surface area contributed by atoms with Crippen LogP contribution in [-0.2, 0) is 10.9 Å². The molecule has 0 aromatic heterocycles. The fraction of sp³-hybridized carbons (Fsp3) is 0.190. The maximum absolute atomic E-state index is 12.9. The van der Waals surface area contributed by atoms with Crippen molar-refractivity contribution in [1.29, 1.82) is 5.26 Å². The molecule has 1 amide bonds. The zero-order valence-electron chi connectivity index (χ0n) is 15.4. The summed E-state index contributed by atoms with van der Waals surface area (Å²) in [6.45, 7) is 0.160. The SMILES string of the molecule is N#C/C(C(=O)c1ccc(C(F)(F)F)cc1)=C1\COCCN1C(=O)c1ccc(Cl)cc1. The monoisotopic (exact) mass is 434 g/mol. The van der Waals surface area contributed by atoms with Crippen molar-refractivity contribution in [3.8, 4) is 6.07 Å². The van der Waals surface area contributed by atoms with Gasteiger partial charge >= 0.3 is 6.18 Å². The predicted octanol–water partition coefficient (Wildman–Crippen LogP) is 4.49. The molecule has 0 spiro atoms. The second-order valence-electron chi connectivity index (χ2n) is 6.35.